The van der Waals surface area contributed by atoms with Crippen LogP contribution in [0.2, 0.25) is 0 Å². The molecular weight excluding hydrogens is 461 g/mol. The van der Waals surface area contributed by atoms with Gasteiger partial charge >= 0.3 is 5.97 Å². The number of halogens is 1. The van der Waals surface area contributed by atoms with Crippen molar-refractivity contribution in [2.45, 2.75) is 44.9 Å². The molecule has 0 bridgehead atoms. The second-order valence-electron chi connectivity index (χ2n) is 9.69. The molecule has 8 heteroatoms. The molecule has 2 aromatic carbocycles. The van der Waals surface area contributed by atoms with Crippen molar-refractivity contribution in [2.75, 3.05) is 13.1 Å². The first-order chi connectivity index (χ1) is 17.2. The molecule has 0 saturated carbocycles. The lowest BCUT2D eigenvalue weighted by Gasteiger charge is -2.32. The average molecular weight is 492 g/mol. The van der Waals surface area contributed by atoms with E-state index >= 15 is 0 Å². The number of aryl methyl sites for hydroxylation is 1. The highest BCUT2D eigenvalue weighted by molar-refractivity contribution is 5.84. The molecule has 2 aliphatic heterocycles. The number of nitrogens with zero attached hydrogens (tertiary/aromatic N) is 3. The van der Waals surface area contributed by atoms with E-state index < -0.39 is 11.8 Å². The maximum Gasteiger partial charge on any atom is 0.328 e. The Morgan fingerprint density at radius 3 is 2.75 bits per heavy atom. The summed E-state index contributed by atoms with van der Waals surface area (Å²) in [6.07, 6.45) is 6.27. The quantitative estimate of drug-likeness (QED) is 0.490. The molecule has 1 atom stereocenters. The van der Waals surface area contributed by atoms with E-state index in [0.29, 0.717) is 29.5 Å². The number of carbonyl (C=O) groups is 1. The number of benzene rings is 2. The Bertz CT molecular complexity index is 1330. The van der Waals surface area contributed by atoms with Crippen molar-refractivity contribution in [3.63, 3.8) is 0 Å². The largest absolute Gasteiger partial charge is 0.478 e. The number of likely N-dealkylation sites (tertiary alicyclic amines) is 1. The molecule has 1 aromatic heterocycles. The van der Waals surface area contributed by atoms with Gasteiger partial charge in [0.05, 0.1) is 24.0 Å². The Morgan fingerprint density at radius 2 is 2.03 bits per heavy atom. The van der Waals surface area contributed by atoms with Crippen LogP contribution in [-0.4, -0.2) is 38.6 Å². The van der Waals surface area contributed by atoms with Crippen LogP contribution in [0.5, 0.6) is 11.5 Å². The van der Waals surface area contributed by atoms with Crippen LogP contribution in [0.4, 0.5) is 4.39 Å². The molecule has 1 fully saturated rings. The number of carboxylic acids is 1. The Morgan fingerprint density at radius 1 is 1.25 bits per heavy atom. The summed E-state index contributed by atoms with van der Waals surface area (Å²) in [7, 11) is 1.90. The maximum absolute atomic E-state index is 14.8. The first-order valence-corrected chi connectivity index (χ1v) is 12.1. The second-order valence-corrected chi connectivity index (χ2v) is 9.69. The molecule has 5 rings (SSSR count). The van der Waals surface area contributed by atoms with Crippen LogP contribution in [0.1, 0.15) is 53.9 Å². The number of rotatable bonds is 6. The number of ether oxygens (including phenoxy) is 2. The van der Waals surface area contributed by atoms with Gasteiger partial charge in [-0.05, 0) is 68.6 Å². The first kappa shape index (κ1) is 24.1. The molecule has 0 aliphatic carbocycles. The topological polar surface area (TPSA) is 76.8 Å². The molecule has 0 amide bonds. The Kier molecular flexibility index (Phi) is 6.30. The van der Waals surface area contributed by atoms with Gasteiger partial charge in [0.1, 0.15) is 11.6 Å². The van der Waals surface area contributed by atoms with Gasteiger partial charge in [-0.2, -0.15) is 0 Å². The molecule has 188 valence electrons. The van der Waals surface area contributed by atoms with E-state index in [9.17, 15) is 9.18 Å². The fraction of sp³-hybridized carbons (Fsp3) is 0.357. The third-order valence-electron chi connectivity index (χ3n) is 7.13. The third-order valence-corrected chi connectivity index (χ3v) is 7.13. The van der Waals surface area contributed by atoms with Crippen molar-refractivity contribution < 1.29 is 23.8 Å². The van der Waals surface area contributed by atoms with E-state index in [1.54, 1.807) is 25.3 Å². The van der Waals surface area contributed by atoms with Crippen LogP contribution in [-0.2, 0) is 24.2 Å². The summed E-state index contributed by atoms with van der Waals surface area (Å²) in [5.41, 5.74) is 3.09. The van der Waals surface area contributed by atoms with Gasteiger partial charge in [-0.3, -0.25) is 4.90 Å². The normalized spacial score (nSPS) is 20.3. The van der Waals surface area contributed by atoms with Gasteiger partial charge in [0.2, 0.25) is 0 Å². The van der Waals surface area contributed by atoms with Crippen LogP contribution >= 0.6 is 0 Å². The zero-order valence-corrected chi connectivity index (χ0v) is 20.7. The molecule has 0 spiro atoms. The predicted octanol–water partition coefficient (Wildman–Crippen LogP) is 4.99. The molecule has 0 radical (unpaired) electrons. The van der Waals surface area contributed by atoms with E-state index in [4.69, 9.17) is 14.6 Å². The zero-order valence-electron chi connectivity index (χ0n) is 20.7. The van der Waals surface area contributed by atoms with E-state index in [1.807, 2.05) is 36.7 Å². The number of carboxylic acid groups (broad SMARTS) is 1. The number of imidazole rings is 1. The molecule has 2 aliphatic rings. The van der Waals surface area contributed by atoms with Crippen LogP contribution < -0.4 is 9.47 Å². The van der Waals surface area contributed by atoms with Gasteiger partial charge in [0.25, 0.3) is 5.79 Å². The van der Waals surface area contributed by atoms with Gasteiger partial charge in [-0.15, -0.1) is 0 Å². The Labute approximate surface area is 209 Å². The van der Waals surface area contributed by atoms with Gasteiger partial charge < -0.3 is 19.1 Å². The molecule has 1 unspecified atom stereocenters. The summed E-state index contributed by atoms with van der Waals surface area (Å²) in [6.45, 7) is 6.10. The molecular formula is C28H30FN3O4. The zero-order chi connectivity index (χ0) is 25.4. The van der Waals surface area contributed by atoms with Crippen molar-refractivity contribution in [3.8, 4) is 11.5 Å². The smallest absolute Gasteiger partial charge is 0.328 e. The van der Waals surface area contributed by atoms with Crippen molar-refractivity contribution >= 4 is 12.0 Å². The van der Waals surface area contributed by atoms with Gasteiger partial charge in [0, 0.05) is 25.6 Å². The number of piperidine rings is 1. The maximum atomic E-state index is 14.8. The van der Waals surface area contributed by atoms with Crippen LogP contribution in [0, 0.1) is 12.7 Å². The third kappa shape index (κ3) is 4.60. The lowest BCUT2D eigenvalue weighted by molar-refractivity contribution is -0.131. The fourth-order valence-corrected chi connectivity index (χ4v) is 5.09. The average Bonchev–Trinajstić information content (AvgIpc) is 3.37. The highest BCUT2D eigenvalue weighted by Gasteiger charge is 2.42. The lowest BCUT2D eigenvalue weighted by atomic mass is 9.88. The van der Waals surface area contributed by atoms with Gasteiger partial charge in [0.15, 0.2) is 11.5 Å². The molecule has 3 heterocycles. The summed E-state index contributed by atoms with van der Waals surface area (Å²) in [5, 5.41) is 8.86. The van der Waals surface area contributed by atoms with Crippen molar-refractivity contribution in [1.82, 2.24) is 14.5 Å². The minimum atomic E-state index is -1.21. The van der Waals surface area contributed by atoms with E-state index in [0.717, 1.165) is 54.7 Å². The summed E-state index contributed by atoms with van der Waals surface area (Å²) in [4.78, 5) is 17.6. The molecule has 3 aromatic rings. The molecule has 36 heavy (non-hydrogen) atoms. The van der Waals surface area contributed by atoms with Crippen LogP contribution in [0.3, 0.4) is 0 Å². The number of fused-ring (bicyclic) bond motifs is 1. The van der Waals surface area contributed by atoms with Crippen LogP contribution in [0.25, 0.3) is 6.08 Å². The highest BCUT2D eigenvalue weighted by Crippen LogP contribution is 2.49. The number of aliphatic carboxylic acids is 1. The molecule has 7 nitrogen and oxygen atoms in total. The Hall–Kier alpha value is -3.65. The second kappa shape index (κ2) is 9.43. The van der Waals surface area contributed by atoms with Crippen molar-refractivity contribution in [2.24, 2.45) is 7.05 Å². The SMILES string of the molecule is Cc1ccc(C2(C)Oc3cccc(C4CCN(Cc5ncc(/C=C/C(=O)O)n5C)CC4)c3O2)c(F)c1. The summed E-state index contributed by atoms with van der Waals surface area (Å²) >= 11 is 0. The van der Waals surface area contributed by atoms with Gasteiger partial charge in [-0.1, -0.05) is 18.2 Å². The Balaban J connectivity index is 1.27. The van der Waals surface area contributed by atoms with Crippen molar-refractivity contribution in [3.05, 3.63) is 82.7 Å². The summed E-state index contributed by atoms with van der Waals surface area (Å²) in [5.74, 6) is 0.0286. The monoisotopic (exact) mass is 491 g/mol. The summed E-state index contributed by atoms with van der Waals surface area (Å²) in [6, 6.07) is 11.0. The molecule has 1 N–H and O–H groups in total. The van der Waals surface area contributed by atoms with Crippen LogP contribution in [0.15, 0.2) is 48.7 Å². The number of hydrogen-bond acceptors (Lipinski definition) is 5. The predicted molar refractivity (Wildman–Crippen MR) is 133 cm³/mol. The first-order valence-electron chi connectivity index (χ1n) is 12.1. The lowest BCUT2D eigenvalue weighted by Crippen LogP contribution is -2.34. The number of aromatic nitrogens is 2. The molecule has 1 saturated heterocycles. The van der Waals surface area contributed by atoms with E-state index in [2.05, 4.69) is 16.0 Å². The minimum Gasteiger partial charge on any atom is -0.478 e. The van der Waals surface area contributed by atoms with E-state index in [-0.39, 0.29) is 5.82 Å². The minimum absolute atomic E-state index is 0.306. The summed E-state index contributed by atoms with van der Waals surface area (Å²) < 4.78 is 29.2. The number of hydrogen-bond donors (Lipinski definition) is 1. The van der Waals surface area contributed by atoms with E-state index in [1.165, 1.54) is 6.07 Å². The number of para-hydroxylation sites is 1. The standard InChI is InChI=1S/C28H30FN3O4/c1-18-7-9-22(23(29)15-18)28(2)35-24-6-4-5-21(27(24)36-28)19-11-13-32(14-12-19)17-25-30-16-20(31(25)3)8-10-26(33)34/h4-10,15-16,19H,11-14,17H2,1-3H3,(H,33,34)/b10-8+. The highest BCUT2D eigenvalue weighted by atomic mass is 19.1. The fourth-order valence-electron chi connectivity index (χ4n) is 5.09. The van der Waals surface area contributed by atoms with Gasteiger partial charge in [-0.25, -0.2) is 14.2 Å². The van der Waals surface area contributed by atoms with Crippen molar-refractivity contribution in [1.29, 1.82) is 0 Å².